The fraction of sp³-hybridized carbons (Fsp3) is 0.579. The number of esters is 1. The number of rotatable bonds is 4. The molecule has 0 unspecified atom stereocenters. The summed E-state index contributed by atoms with van der Waals surface area (Å²) in [5.41, 5.74) is 0.415. The van der Waals surface area contributed by atoms with Crippen LogP contribution in [0.25, 0.3) is 0 Å². The molecule has 0 radical (unpaired) electrons. The fourth-order valence-electron chi connectivity index (χ4n) is 3.66. The summed E-state index contributed by atoms with van der Waals surface area (Å²) >= 11 is 0. The zero-order valence-electron chi connectivity index (χ0n) is 15.1. The molecule has 0 aliphatic carbocycles. The van der Waals surface area contributed by atoms with Gasteiger partial charge in [0.25, 0.3) is 0 Å². The lowest BCUT2D eigenvalue weighted by molar-refractivity contribution is -0.160. The van der Waals surface area contributed by atoms with Crippen LogP contribution >= 0.6 is 0 Å². The summed E-state index contributed by atoms with van der Waals surface area (Å²) < 4.78 is 25.1. The van der Waals surface area contributed by atoms with Gasteiger partial charge in [-0.2, -0.15) is 0 Å². The highest BCUT2D eigenvalue weighted by atomic mass is 19.1. The molecule has 1 aromatic carbocycles. The Morgan fingerprint density at radius 3 is 2.84 bits per heavy atom. The van der Waals surface area contributed by atoms with Gasteiger partial charge >= 0.3 is 5.97 Å². The van der Waals surface area contributed by atoms with E-state index < -0.39 is 17.4 Å². The lowest BCUT2D eigenvalue weighted by Gasteiger charge is -2.33. The smallest absolute Gasteiger partial charge is 0.331 e. The Labute approximate surface area is 147 Å². The first-order chi connectivity index (χ1) is 11.8. The van der Waals surface area contributed by atoms with E-state index in [2.05, 4.69) is 0 Å². The number of halogens is 1. The summed E-state index contributed by atoms with van der Waals surface area (Å²) in [5, 5.41) is 0. The van der Waals surface area contributed by atoms with Crippen molar-refractivity contribution in [3.8, 4) is 5.75 Å². The summed E-state index contributed by atoms with van der Waals surface area (Å²) in [7, 11) is 0. The molecule has 6 heteroatoms. The molecule has 5 nitrogen and oxygen atoms in total. The molecule has 2 atom stereocenters. The number of hydrogen-bond acceptors (Lipinski definition) is 4. The second kappa shape index (κ2) is 6.32. The van der Waals surface area contributed by atoms with Gasteiger partial charge in [0.1, 0.15) is 17.1 Å². The molecular weight excluding hydrogens is 325 g/mol. The second-order valence-corrected chi connectivity index (χ2v) is 7.20. The minimum absolute atomic E-state index is 0.154. The van der Waals surface area contributed by atoms with Crippen LogP contribution in [0.3, 0.4) is 0 Å². The van der Waals surface area contributed by atoms with Gasteiger partial charge in [0.2, 0.25) is 5.91 Å². The number of hydrogen-bond donors (Lipinski definition) is 0. The van der Waals surface area contributed by atoms with Crippen molar-refractivity contribution in [3.05, 3.63) is 29.1 Å². The Morgan fingerprint density at radius 2 is 2.16 bits per heavy atom. The molecule has 0 N–H and O–H groups in total. The van der Waals surface area contributed by atoms with Crippen LogP contribution in [-0.2, 0) is 20.7 Å². The first kappa shape index (κ1) is 17.7. The molecule has 2 aliphatic rings. The number of carbonyl (C=O) groups is 2. The van der Waals surface area contributed by atoms with E-state index >= 15 is 0 Å². The van der Waals surface area contributed by atoms with E-state index in [1.807, 2.05) is 6.07 Å². The Hall–Kier alpha value is -2.11. The summed E-state index contributed by atoms with van der Waals surface area (Å²) in [6, 6.07) is 3.22. The van der Waals surface area contributed by atoms with Crippen molar-refractivity contribution in [2.45, 2.75) is 45.6 Å². The number of amides is 1. The maximum Gasteiger partial charge on any atom is 0.331 e. The average molecular weight is 349 g/mol. The number of fused-ring (bicyclic) bond motifs is 1. The number of nitrogens with zero attached hydrogens (tertiary/aromatic N) is 1. The fourth-order valence-corrected chi connectivity index (χ4v) is 3.66. The molecule has 0 saturated carbocycles. The van der Waals surface area contributed by atoms with Crippen molar-refractivity contribution in [3.63, 3.8) is 0 Å². The second-order valence-electron chi connectivity index (χ2n) is 7.20. The summed E-state index contributed by atoms with van der Waals surface area (Å²) in [6.07, 6.45) is 0.746. The highest BCUT2D eigenvalue weighted by Gasteiger charge is 2.48. The van der Waals surface area contributed by atoms with Gasteiger partial charge in [-0.25, -0.2) is 9.18 Å². The van der Waals surface area contributed by atoms with Crippen molar-refractivity contribution < 1.29 is 23.5 Å². The van der Waals surface area contributed by atoms with Crippen LogP contribution < -0.4 is 4.74 Å². The SMILES string of the molecule is CCOC(=O)C(C)(C)N1C[C@@H](c2cc3c(cc2F)OCC3)[C@H](C)C1=O. The van der Waals surface area contributed by atoms with E-state index in [1.165, 1.54) is 11.0 Å². The van der Waals surface area contributed by atoms with Gasteiger partial charge in [-0.3, -0.25) is 4.79 Å². The summed E-state index contributed by atoms with van der Waals surface area (Å²) in [5.74, 6) is -1.07. The van der Waals surface area contributed by atoms with Gasteiger partial charge < -0.3 is 14.4 Å². The molecule has 1 amide bonds. The number of carbonyl (C=O) groups excluding carboxylic acids is 2. The van der Waals surface area contributed by atoms with Crippen LogP contribution in [0.5, 0.6) is 5.75 Å². The van der Waals surface area contributed by atoms with Crippen molar-refractivity contribution in [1.82, 2.24) is 4.90 Å². The Bertz CT molecular complexity index is 716. The lowest BCUT2D eigenvalue weighted by Crippen LogP contribution is -2.52. The third-order valence-corrected chi connectivity index (χ3v) is 5.30. The molecule has 0 aromatic heterocycles. The molecule has 1 aromatic rings. The predicted octanol–water partition coefficient (Wildman–Crippen LogP) is 2.66. The van der Waals surface area contributed by atoms with E-state index in [1.54, 1.807) is 27.7 Å². The maximum absolute atomic E-state index is 14.6. The van der Waals surface area contributed by atoms with Gasteiger partial charge in [0.05, 0.1) is 13.2 Å². The first-order valence-electron chi connectivity index (χ1n) is 8.71. The minimum Gasteiger partial charge on any atom is -0.493 e. The summed E-state index contributed by atoms with van der Waals surface area (Å²) in [6.45, 7) is 7.96. The van der Waals surface area contributed by atoms with Crippen LogP contribution in [0.4, 0.5) is 4.39 Å². The Kier molecular flexibility index (Phi) is 4.47. The van der Waals surface area contributed by atoms with Crippen LogP contribution in [-0.4, -0.2) is 42.1 Å². The number of likely N-dealkylation sites (tertiary alicyclic amines) is 1. The topological polar surface area (TPSA) is 55.8 Å². The third kappa shape index (κ3) is 2.87. The van der Waals surface area contributed by atoms with E-state index in [9.17, 15) is 14.0 Å². The average Bonchev–Trinajstić information content (AvgIpc) is 3.12. The Morgan fingerprint density at radius 1 is 1.44 bits per heavy atom. The van der Waals surface area contributed by atoms with Crippen molar-refractivity contribution in [2.24, 2.45) is 5.92 Å². The molecule has 0 bridgehead atoms. The monoisotopic (exact) mass is 349 g/mol. The minimum atomic E-state index is -1.08. The highest BCUT2D eigenvalue weighted by molar-refractivity contribution is 5.90. The van der Waals surface area contributed by atoms with E-state index in [4.69, 9.17) is 9.47 Å². The van der Waals surface area contributed by atoms with Gasteiger partial charge in [-0.15, -0.1) is 0 Å². The normalized spacial score (nSPS) is 22.8. The third-order valence-electron chi connectivity index (χ3n) is 5.30. The molecule has 3 rings (SSSR count). The molecular formula is C19H24FNO4. The van der Waals surface area contributed by atoms with Gasteiger partial charge in [-0.05, 0) is 38.0 Å². The molecule has 2 heterocycles. The highest BCUT2D eigenvalue weighted by Crippen LogP contribution is 2.40. The zero-order chi connectivity index (χ0) is 18.4. The van der Waals surface area contributed by atoms with E-state index in [0.29, 0.717) is 24.5 Å². The van der Waals surface area contributed by atoms with Gasteiger partial charge in [0, 0.05) is 30.9 Å². The molecule has 1 fully saturated rings. The van der Waals surface area contributed by atoms with E-state index in [-0.39, 0.29) is 24.2 Å². The van der Waals surface area contributed by atoms with Gasteiger partial charge in [-0.1, -0.05) is 6.92 Å². The lowest BCUT2D eigenvalue weighted by atomic mass is 9.88. The molecule has 1 saturated heterocycles. The predicted molar refractivity (Wildman–Crippen MR) is 89.9 cm³/mol. The number of benzene rings is 1. The molecule has 2 aliphatic heterocycles. The largest absolute Gasteiger partial charge is 0.493 e. The first-order valence-corrected chi connectivity index (χ1v) is 8.71. The van der Waals surface area contributed by atoms with Crippen molar-refractivity contribution in [1.29, 1.82) is 0 Å². The van der Waals surface area contributed by atoms with Crippen LogP contribution in [0.2, 0.25) is 0 Å². The van der Waals surface area contributed by atoms with Crippen molar-refractivity contribution >= 4 is 11.9 Å². The molecule has 0 spiro atoms. The van der Waals surface area contributed by atoms with E-state index in [0.717, 1.165) is 12.0 Å². The maximum atomic E-state index is 14.6. The quantitative estimate of drug-likeness (QED) is 0.784. The van der Waals surface area contributed by atoms with Gasteiger partial charge in [0.15, 0.2) is 0 Å². The zero-order valence-corrected chi connectivity index (χ0v) is 15.1. The molecule has 25 heavy (non-hydrogen) atoms. The molecule has 136 valence electrons. The van der Waals surface area contributed by atoms with Crippen LogP contribution in [0, 0.1) is 11.7 Å². The Balaban J connectivity index is 1.91. The summed E-state index contributed by atoms with van der Waals surface area (Å²) in [4.78, 5) is 26.5. The van der Waals surface area contributed by atoms with Crippen molar-refractivity contribution in [2.75, 3.05) is 19.8 Å². The van der Waals surface area contributed by atoms with Crippen LogP contribution in [0.1, 0.15) is 44.7 Å². The standard InChI is InChI=1S/C19H24FNO4/c1-5-24-18(23)19(3,4)21-10-14(11(2)17(21)22)13-8-12-6-7-25-16(12)9-15(13)20/h8-9,11,14H,5-7,10H2,1-4H3/t11-,14+/m0/s1. The number of ether oxygens (including phenoxy) is 2. The van der Waals surface area contributed by atoms with Crippen LogP contribution in [0.15, 0.2) is 12.1 Å².